The van der Waals surface area contributed by atoms with Gasteiger partial charge in [0, 0.05) is 12.2 Å². The summed E-state index contributed by atoms with van der Waals surface area (Å²) < 4.78 is 21.1. The quantitative estimate of drug-likeness (QED) is 0.427. The number of thioether (sulfide) groups is 1. The summed E-state index contributed by atoms with van der Waals surface area (Å²) in [6, 6.07) is 11.8. The minimum absolute atomic E-state index is 0.0989. The smallest absolute Gasteiger partial charge is 0.234 e. The van der Waals surface area contributed by atoms with Crippen LogP contribution in [0.2, 0.25) is 0 Å². The minimum atomic E-state index is -0.384. The van der Waals surface area contributed by atoms with E-state index in [1.807, 2.05) is 43.5 Å². The van der Waals surface area contributed by atoms with Crippen molar-refractivity contribution in [3.8, 4) is 5.75 Å². The molecular weight excluding hydrogens is 427 g/mol. The number of nitrogens with one attached hydrogen (secondary N) is 1. The molecule has 0 fully saturated rings. The largest absolute Gasteiger partial charge is 0.483 e. The number of nitrogens with zero attached hydrogens (tertiary/aromatic N) is 3. The maximum Gasteiger partial charge on any atom is 0.234 e. The number of hydrogen-bond donors (Lipinski definition) is 1. The highest BCUT2D eigenvalue weighted by Gasteiger charge is 2.21. The monoisotopic (exact) mass is 456 g/mol. The minimum Gasteiger partial charge on any atom is -0.483 e. The highest BCUT2D eigenvalue weighted by Crippen LogP contribution is 2.26. The lowest BCUT2D eigenvalue weighted by Crippen LogP contribution is -2.17. The predicted octanol–water partition coefficient (Wildman–Crippen LogP) is 5.56. The third-order valence-corrected chi connectivity index (χ3v) is 5.74. The number of carbonyl (C=O) groups is 1. The molecule has 1 atom stereocenters. The van der Waals surface area contributed by atoms with E-state index in [4.69, 9.17) is 4.74 Å². The molecule has 0 saturated carbocycles. The van der Waals surface area contributed by atoms with Crippen LogP contribution in [0, 0.1) is 25.6 Å². The van der Waals surface area contributed by atoms with Crippen molar-refractivity contribution in [1.29, 1.82) is 0 Å². The third kappa shape index (κ3) is 6.32. The predicted molar refractivity (Wildman–Crippen MR) is 126 cm³/mol. The zero-order chi connectivity index (χ0) is 23.3. The van der Waals surface area contributed by atoms with Crippen molar-refractivity contribution in [3.63, 3.8) is 0 Å². The summed E-state index contributed by atoms with van der Waals surface area (Å²) in [5, 5.41) is 12.3. The first kappa shape index (κ1) is 23.8. The van der Waals surface area contributed by atoms with Gasteiger partial charge in [-0.05, 0) is 62.6 Å². The lowest BCUT2D eigenvalue weighted by atomic mass is 10.1. The number of anilines is 1. The highest BCUT2D eigenvalue weighted by molar-refractivity contribution is 7.99. The van der Waals surface area contributed by atoms with Crippen molar-refractivity contribution in [3.05, 3.63) is 65.2 Å². The lowest BCUT2D eigenvalue weighted by molar-refractivity contribution is -0.113. The number of aromatic nitrogens is 3. The van der Waals surface area contributed by atoms with Crippen molar-refractivity contribution in [1.82, 2.24) is 14.8 Å². The Bertz CT molecular complexity index is 1070. The third-order valence-electron chi connectivity index (χ3n) is 4.77. The van der Waals surface area contributed by atoms with Crippen LogP contribution < -0.4 is 10.1 Å². The van der Waals surface area contributed by atoms with Crippen LogP contribution >= 0.6 is 11.8 Å². The molecule has 32 heavy (non-hydrogen) atoms. The van der Waals surface area contributed by atoms with Crippen LogP contribution in [0.25, 0.3) is 0 Å². The fourth-order valence-electron chi connectivity index (χ4n) is 3.28. The summed E-state index contributed by atoms with van der Waals surface area (Å²) in [6.45, 7) is 10.8. The average molecular weight is 457 g/mol. The molecule has 0 saturated heterocycles. The maximum atomic E-state index is 13.2. The van der Waals surface area contributed by atoms with Crippen molar-refractivity contribution >= 4 is 23.4 Å². The first-order chi connectivity index (χ1) is 15.2. The van der Waals surface area contributed by atoms with Gasteiger partial charge in [0.15, 0.2) is 17.1 Å². The van der Waals surface area contributed by atoms with Crippen LogP contribution in [0.5, 0.6) is 5.75 Å². The maximum absolute atomic E-state index is 13.2. The number of halogens is 1. The Labute approximate surface area is 192 Å². The molecule has 8 heteroatoms. The summed E-state index contributed by atoms with van der Waals surface area (Å²) in [6.07, 6.45) is -0.384. The second-order valence-corrected chi connectivity index (χ2v) is 9.16. The normalized spacial score (nSPS) is 12.1. The lowest BCUT2D eigenvalue weighted by Gasteiger charge is -2.18. The molecule has 3 aromatic rings. The first-order valence-corrected chi connectivity index (χ1v) is 11.6. The van der Waals surface area contributed by atoms with E-state index in [0.717, 1.165) is 16.8 Å². The van der Waals surface area contributed by atoms with Gasteiger partial charge in [-0.15, -0.1) is 10.2 Å². The fourth-order valence-corrected chi connectivity index (χ4v) is 4.04. The Hall–Kier alpha value is -2.87. The van der Waals surface area contributed by atoms with Gasteiger partial charge < -0.3 is 14.6 Å². The van der Waals surface area contributed by atoms with E-state index in [0.29, 0.717) is 29.2 Å². The van der Waals surface area contributed by atoms with E-state index in [2.05, 4.69) is 29.4 Å². The molecule has 3 rings (SSSR count). The first-order valence-electron chi connectivity index (χ1n) is 10.6. The van der Waals surface area contributed by atoms with Gasteiger partial charge >= 0.3 is 0 Å². The molecule has 0 aliphatic rings. The molecule has 2 aromatic carbocycles. The topological polar surface area (TPSA) is 69.0 Å². The molecular formula is C24H29FN4O2S. The summed E-state index contributed by atoms with van der Waals surface area (Å²) >= 11 is 1.34. The Morgan fingerprint density at radius 3 is 2.50 bits per heavy atom. The zero-order valence-corrected chi connectivity index (χ0v) is 19.9. The highest BCUT2D eigenvalue weighted by atomic mass is 32.2. The fraction of sp³-hybridized carbons (Fsp3) is 0.375. The molecule has 0 radical (unpaired) electrons. The van der Waals surface area contributed by atoms with Crippen molar-refractivity contribution in [2.45, 2.75) is 52.4 Å². The van der Waals surface area contributed by atoms with Gasteiger partial charge in [0.1, 0.15) is 11.6 Å². The van der Waals surface area contributed by atoms with E-state index in [-0.39, 0.29) is 23.6 Å². The Balaban J connectivity index is 1.69. The standard InChI is InChI=1S/C24H29FN4O2S/c1-15(2)13-29-23(18(5)31-20-9-7-19(25)8-10-20)27-28-24(29)32-14-22(30)26-21-11-6-16(3)12-17(21)4/h6-12,15,18H,13-14H2,1-5H3,(H,26,30). The Morgan fingerprint density at radius 1 is 1.12 bits per heavy atom. The van der Waals surface area contributed by atoms with Crippen molar-refractivity contribution < 1.29 is 13.9 Å². The van der Waals surface area contributed by atoms with Gasteiger partial charge in [0.05, 0.1) is 5.75 Å². The number of carbonyl (C=O) groups excluding carboxylic acids is 1. The molecule has 0 bridgehead atoms. The van der Waals surface area contributed by atoms with E-state index >= 15 is 0 Å². The zero-order valence-electron chi connectivity index (χ0n) is 19.1. The number of aryl methyl sites for hydroxylation is 2. The van der Waals surface area contributed by atoms with Crippen LogP contribution in [-0.2, 0) is 11.3 Å². The summed E-state index contributed by atoms with van der Waals surface area (Å²) in [4.78, 5) is 12.5. The molecule has 1 unspecified atom stereocenters. The number of hydrogen-bond acceptors (Lipinski definition) is 5. The van der Waals surface area contributed by atoms with Crippen LogP contribution in [0.15, 0.2) is 47.6 Å². The van der Waals surface area contributed by atoms with Gasteiger partial charge in [0.25, 0.3) is 0 Å². The summed E-state index contributed by atoms with van der Waals surface area (Å²) in [7, 11) is 0. The SMILES string of the molecule is Cc1ccc(NC(=O)CSc2nnc(C(C)Oc3ccc(F)cc3)n2CC(C)C)c(C)c1. The van der Waals surface area contributed by atoms with E-state index in [1.165, 1.54) is 23.9 Å². The average Bonchev–Trinajstić information content (AvgIpc) is 3.12. The van der Waals surface area contributed by atoms with E-state index < -0.39 is 0 Å². The molecule has 1 amide bonds. The van der Waals surface area contributed by atoms with Gasteiger partial charge in [0.2, 0.25) is 5.91 Å². The molecule has 1 aromatic heterocycles. The molecule has 0 spiro atoms. The van der Waals surface area contributed by atoms with Gasteiger partial charge in [-0.1, -0.05) is 43.3 Å². The van der Waals surface area contributed by atoms with E-state index in [9.17, 15) is 9.18 Å². The molecule has 6 nitrogen and oxygen atoms in total. The second kappa shape index (κ2) is 10.6. The van der Waals surface area contributed by atoms with Gasteiger partial charge in [-0.2, -0.15) is 0 Å². The number of amides is 1. The van der Waals surface area contributed by atoms with Crippen molar-refractivity contribution in [2.75, 3.05) is 11.1 Å². The van der Waals surface area contributed by atoms with Crippen LogP contribution in [0.4, 0.5) is 10.1 Å². The molecule has 0 aliphatic heterocycles. The van der Waals surface area contributed by atoms with Gasteiger partial charge in [-0.25, -0.2) is 4.39 Å². The number of rotatable bonds is 9. The number of ether oxygens (including phenoxy) is 1. The Morgan fingerprint density at radius 2 is 1.84 bits per heavy atom. The van der Waals surface area contributed by atoms with E-state index in [1.54, 1.807) is 12.1 Å². The Kier molecular flexibility index (Phi) is 7.90. The molecule has 1 N–H and O–H groups in total. The van der Waals surface area contributed by atoms with Crippen LogP contribution in [-0.4, -0.2) is 26.4 Å². The summed E-state index contributed by atoms with van der Waals surface area (Å²) in [5.41, 5.74) is 2.99. The second-order valence-electron chi connectivity index (χ2n) is 8.21. The van der Waals surface area contributed by atoms with Crippen LogP contribution in [0.1, 0.15) is 43.8 Å². The summed E-state index contributed by atoms with van der Waals surface area (Å²) in [5.74, 6) is 1.38. The molecule has 1 heterocycles. The van der Waals surface area contributed by atoms with Gasteiger partial charge in [-0.3, -0.25) is 4.79 Å². The molecule has 0 aliphatic carbocycles. The number of benzene rings is 2. The van der Waals surface area contributed by atoms with Crippen molar-refractivity contribution in [2.24, 2.45) is 5.92 Å². The van der Waals surface area contributed by atoms with Crippen LogP contribution in [0.3, 0.4) is 0 Å². The molecule has 170 valence electrons.